The van der Waals surface area contributed by atoms with Gasteiger partial charge in [-0.1, -0.05) is 31.8 Å². The Bertz CT molecular complexity index is 550. The van der Waals surface area contributed by atoms with Crippen LogP contribution in [0.1, 0.15) is 49.2 Å². The van der Waals surface area contributed by atoms with Gasteiger partial charge in [0.2, 0.25) is 0 Å². The lowest BCUT2D eigenvalue weighted by Gasteiger charge is -2.29. The van der Waals surface area contributed by atoms with Crippen LogP contribution < -0.4 is 0 Å². The fourth-order valence-electron chi connectivity index (χ4n) is 2.21. The van der Waals surface area contributed by atoms with Crippen LogP contribution in [0.25, 0.3) is 0 Å². The highest BCUT2D eigenvalue weighted by Gasteiger charge is 2.21. The summed E-state index contributed by atoms with van der Waals surface area (Å²) in [6.45, 7) is 10.8. The van der Waals surface area contributed by atoms with Gasteiger partial charge in [-0.25, -0.2) is 0 Å². The van der Waals surface area contributed by atoms with Gasteiger partial charge >= 0.3 is 0 Å². The number of hydrogen-bond acceptors (Lipinski definition) is 2. The van der Waals surface area contributed by atoms with Crippen LogP contribution in [0.5, 0.6) is 0 Å². The molecule has 1 N–H and O–H groups in total. The van der Waals surface area contributed by atoms with Crippen molar-refractivity contribution in [1.29, 1.82) is 0 Å². The lowest BCUT2D eigenvalue weighted by molar-refractivity contribution is 0.0681. The maximum Gasteiger partial charge on any atom is 0.254 e. The van der Waals surface area contributed by atoms with Crippen molar-refractivity contribution in [2.45, 2.75) is 40.7 Å². The van der Waals surface area contributed by atoms with Crippen molar-refractivity contribution in [2.75, 3.05) is 13.2 Å². The van der Waals surface area contributed by atoms with E-state index in [4.69, 9.17) is 5.11 Å². The van der Waals surface area contributed by atoms with Gasteiger partial charge in [-0.2, -0.15) is 0 Å². The summed E-state index contributed by atoms with van der Waals surface area (Å²) in [5.74, 6) is 6.00. The van der Waals surface area contributed by atoms with Gasteiger partial charge in [0.05, 0.1) is 0 Å². The van der Waals surface area contributed by atoms with Crippen molar-refractivity contribution < 1.29 is 9.90 Å². The maximum absolute atomic E-state index is 12.8. The topological polar surface area (TPSA) is 40.5 Å². The summed E-state index contributed by atoms with van der Waals surface area (Å²) in [6, 6.07) is 5.72. The number of hydrogen-bond donors (Lipinski definition) is 1. The predicted octanol–water partition coefficient (Wildman–Crippen LogP) is 2.85. The monoisotopic (exact) mass is 287 g/mol. The van der Waals surface area contributed by atoms with Crippen molar-refractivity contribution in [1.82, 2.24) is 4.90 Å². The molecule has 0 aliphatic carbocycles. The Morgan fingerprint density at radius 1 is 1.29 bits per heavy atom. The average molecular weight is 287 g/mol. The molecule has 0 saturated carbocycles. The SMILES string of the molecule is Cc1c(C#CCO)cccc1C(=O)N(CC(C)C)C(C)C. The lowest BCUT2D eigenvalue weighted by atomic mass is 10.0. The van der Waals surface area contributed by atoms with E-state index in [0.717, 1.165) is 17.7 Å². The Labute approximate surface area is 128 Å². The third-order valence-corrected chi connectivity index (χ3v) is 3.31. The minimum Gasteiger partial charge on any atom is -0.384 e. The second-order valence-corrected chi connectivity index (χ2v) is 5.88. The second-order valence-electron chi connectivity index (χ2n) is 5.88. The van der Waals surface area contributed by atoms with Crippen LogP contribution in [0.4, 0.5) is 0 Å². The Hall–Kier alpha value is -1.79. The maximum atomic E-state index is 12.8. The van der Waals surface area contributed by atoms with Crippen LogP contribution >= 0.6 is 0 Å². The number of aliphatic hydroxyl groups excluding tert-OH is 1. The first kappa shape index (κ1) is 17.3. The molecule has 0 aromatic heterocycles. The number of rotatable bonds is 4. The van der Waals surface area contributed by atoms with Gasteiger partial charge in [-0.3, -0.25) is 4.79 Å². The van der Waals surface area contributed by atoms with E-state index in [9.17, 15) is 4.79 Å². The minimum atomic E-state index is -0.177. The number of benzene rings is 1. The largest absolute Gasteiger partial charge is 0.384 e. The first-order chi connectivity index (χ1) is 9.88. The summed E-state index contributed by atoms with van der Waals surface area (Å²) < 4.78 is 0. The molecular weight excluding hydrogens is 262 g/mol. The van der Waals surface area contributed by atoms with E-state index in [2.05, 4.69) is 25.7 Å². The average Bonchev–Trinajstić information content (AvgIpc) is 2.42. The molecule has 1 amide bonds. The predicted molar refractivity (Wildman–Crippen MR) is 86.2 cm³/mol. The zero-order valence-electron chi connectivity index (χ0n) is 13.6. The molecule has 3 heteroatoms. The molecule has 0 aliphatic heterocycles. The van der Waals surface area contributed by atoms with Gasteiger partial charge in [0.25, 0.3) is 5.91 Å². The molecule has 1 aromatic carbocycles. The van der Waals surface area contributed by atoms with Gasteiger partial charge in [0.15, 0.2) is 0 Å². The smallest absolute Gasteiger partial charge is 0.254 e. The zero-order chi connectivity index (χ0) is 16.0. The summed E-state index contributed by atoms with van der Waals surface area (Å²) in [4.78, 5) is 14.7. The Kier molecular flexibility index (Phi) is 6.45. The normalized spacial score (nSPS) is 10.5. The molecule has 3 nitrogen and oxygen atoms in total. The van der Waals surface area contributed by atoms with Crippen molar-refractivity contribution >= 4 is 5.91 Å². The van der Waals surface area contributed by atoms with Crippen LogP contribution in [0.2, 0.25) is 0 Å². The van der Waals surface area contributed by atoms with Crippen molar-refractivity contribution in [3.8, 4) is 11.8 Å². The highest BCUT2D eigenvalue weighted by Crippen LogP contribution is 2.17. The first-order valence-corrected chi connectivity index (χ1v) is 7.38. The number of aliphatic hydroxyl groups is 1. The minimum absolute atomic E-state index is 0.0452. The molecule has 0 heterocycles. The molecular formula is C18H25NO2. The molecule has 0 unspecified atom stereocenters. The van der Waals surface area contributed by atoms with Crippen LogP contribution in [-0.4, -0.2) is 35.1 Å². The van der Waals surface area contributed by atoms with Crippen molar-refractivity contribution in [2.24, 2.45) is 5.92 Å². The van der Waals surface area contributed by atoms with Crippen LogP contribution in [0, 0.1) is 24.7 Å². The summed E-state index contributed by atoms with van der Waals surface area (Å²) in [7, 11) is 0. The molecule has 1 aromatic rings. The molecule has 0 radical (unpaired) electrons. The highest BCUT2D eigenvalue weighted by atomic mass is 16.2. The fourth-order valence-corrected chi connectivity index (χ4v) is 2.21. The van der Waals surface area contributed by atoms with E-state index in [1.54, 1.807) is 0 Å². The second kappa shape index (κ2) is 7.85. The summed E-state index contributed by atoms with van der Waals surface area (Å²) >= 11 is 0. The molecule has 21 heavy (non-hydrogen) atoms. The Morgan fingerprint density at radius 3 is 2.48 bits per heavy atom. The number of carbonyl (C=O) groups is 1. The van der Waals surface area contributed by atoms with Crippen LogP contribution in [-0.2, 0) is 0 Å². The number of carbonyl (C=O) groups excluding carboxylic acids is 1. The molecule has 0 atom stereocenters. The summed E-state index contributed by atoms with van der Waals surface area (Å²) in [5.41, 5.74) is 2.36. The van der Waals surface area contributed by atoms with E-state index in [1.807, 2.05) is 43.9 Å². The van der Waals surface area contributed by atoms with E-state index in [1.165, 1.54) is 0 Å². The summed E-state index contributed by atoms with van der Waals surface area (Å²) in [6.07, 6.45) is 0. The van der Waals surface area contributed by atoms with Gasteiger partial charge in [-0.05, 0) is 44.4 Å². The van der Waals surface area contributed by atoms with E-state index in [-0.39, 0.29) is 18.6 Å². The molecule has 0 saturated heterocycles. The van der Waals surface area contributed by atoms with E-state index in [0.29, 0.717) is 11.5 Å². The summed E-state index contributed by atoms with van der Waals surface area (Å²) in [5, 5.41) is 8.81. The van der Waals surface area contributed by atoms with Crippen LogP contribution in [0.3, 0.4) is 0 Å². The standard InChI is InChI=1S/C18H25NO2/c1-13(2)12-19(14(3)4)18(21)17-10-6-8-16(15(17)5)9-7-11-20/h6,8,10,13-14,20H,11-12H2,1-5H3. The van der Waals surface area contributed by atoms with Crippen molar-refractivity contribution in [3.63, 3.8) is 0 Å². The molecule has 0 spiro atoms. The molecule has 0 bridgehead atoms. The third-order valence-electron chi connectivity index (χ3n) is 3.31. The molecule has 114 valence electrons. The van der Waals surface area contributed by atoms with E-state index < -0.39 is 0 Å². The van der Waals surface area contributed by atoms with Crippen LogP contribution in [0.15, 0.2) is 18.2 Å². The number of nitrogens with zero attached hydrogens (tertiary/aromatic N) is 1. The Balaban J connectivity index is 3.16. The molecule has 0 aliphatic rings. The Morgan fingerprint density at radius 2 is 1.95 bits per heavy atom. The van der Waals surface area contributed by atoms with Gasteiger partial charge < -0.3 is 10.0 Å². The van der Waals surface area contributed by atoms with E-state index >= 15 is 0 Å². The van der Waals surface area contributed by atoms with Gasteiger partial charge in [0, 0.05) is 23.7 Å². The van der Waals surface area contributed by atoms with Crippen molar-refractivity contribution in [3.05, 3.63) is 34.9 Å². The number of amides is 1. The zero-order valence-corrected chi connectivity index (χ0v) is 13.6. The fraction of sp³-hybridized carbons (Fsp3) is 0.500. The third kappa shape index (κ3) is 4.61. The quantitative estimate of drug-likeness (QED) is 0.865. The lowest BCUT2D eigenvalue weighted by Crippen LogP contribution is -2.39. The highest BCUT2D eigenvalue weighted by molar-refractivity contribution is 5.96. The van der Waals surface area contributed by atoms with Gasteiger partial charge in [0.1, 0.15) is 6.61 Å². The first-order valence-electron chi connectivity index (χ1n) is 7.38. The molecule has 1 rings (SSSR count). The van der Waals surface area contributed by atoms with Gasteiger partial charge in [-0.15, -0.1) is 0 Å². The molecule has 0 fully saturated rings.